The van der Waals surface area contributed by atoms with Crippen molar-refractivity contribution < 1.29 is 9.18 Å². The zero-order chi connectivity index (χ0) is 16.8. The average Bonchev–Trinajstić information content (AvgIpc) is 2.51. The molecule has 5 heteroatoms. The van der Waals surface area contributed by atoms with Crippen LogP contribution in [0.1, 0.15) is 19.8 Å². The maximum Gasteiger partial charge on any atom is 0.146 e. The summed E-state index contributed by atoms with van der Waals surface area (Å²) in [4.78, 5) is 11.6. The first kappa shape index (κ1) is 21.3. The lowest BCUT2D eigenvalue weighted by atomic mass is 10.1. The van der Waals surface area contributed by atoms with E-state index in [1.807, 2.05) is 27.7 Å². The van der Waals surface area contributed by atoms with Crippen molar-refractivity contribution in [1.82, 2.24) is 2.52 Å². The van der Waals surface area contributed by atoms with Gasteiger partial charge in [0, 0.05) is 34.3 Å². The second kappa shape index (κ2) is 14.0. The van der Waals surface area contributed by atoms with Gasteiger partial charge in [0.25, 0.3) is 0 Å². The summed E-state index contributed by atoms with van der Waals surface area (Å²) >= 11 is 3.58. The Bertz CT molecular complexity index is 446. The third kappa shape index (κ3) is 10.1. The standard InChI is InChI=1S/C17H23FINOS/c1-4-8-15(5-2)9-7-12-20(19)22-17(10-11-18)13-16(6-3)14-21/h4-5,7,9-10,13-15H,1-2,6,8,11-12H2,3H3/b9-7+,16-13+,17-10-. The van der Waals surface area contributed by atoms with Crippen LogP contribution in [0.5, 0.6) is 0 Å². The number of nitrogens with zero attached hydrogens (tertiary/aromatic N) is 1. The van der Waals surface area contributed by atoms with Crippen molar-refractivity contribution >= 4 is 41.1 Å². The van der Waals surface area contributed by atoms with E-state index in [0.717, 1.165) is 17.6 Å². The van der Waals surface area contributed by atoms with Gasteiger partial charge in [-0.15, -0.1) is 13.2 Å². The minimum atomic E-state index is -0.549. The molecule has 0 aliphatic heterocycles. The second-order valence-electron chi connectivity index (χ2n) is 4.40. The highest BCUT2D eigenvalue weighted by Crippen LogP contribution is 2.27. The van der Waals surface area contributed by atoms with Gasteiger partial charge in [-0.1, -0.05) is 31.2 Å². The number of hydrogen-bond acceptors (Lipinski definition) is 3. The molecule has 0 aromatic rings. The molecule has 0 radical (unpaired) electrons. The Morgan fingerprint density at radius 2 is 2.18 bits per heavy atom. The smallest absolute Gasteiger partial charge is 0.146 e. The summed E-state index contributed by atoms with van der Waals surface area (Å²) in [6, 6.07) is 0. The zero-order valence-corrected chi connectivity index (χ0v) is 15.9. The molecular weight excluding hydrogens is 412 g/mol. The van der Waals surface area contributed by atoms with Crippen LogP contribution in [0.15, 0.2) is 60.1 Å². The Hall–Kier alpha value is -0.660. The minimum Gasteiger partial charge on any atom is -0.298 e. The quantitative estimate of drug-likeness (QED) is 0.0756. The Morgan fingerprint density at radius 3 is 2.68 bits per heavy atom. The molecule has 0 spiro atoms. The molecule has 1 unspecified atom stereocenters. The Morgan fingerprint density at radius 1 is 1.45 bits per heavy atom. The van der Waals surface area contributed by atoms with Crippen LogP contribution in [0.3, 0.4) is 0 Å². The first-order chi connectivity index (χ1) is 10.6. The summed E-state index contributed by atoms with van der Waals surface area (Å²) < 4.78 is 14.5. The van der Waals surface area contributed by atoms with Gasteiger partial charge in [-0.3, -0.25) is 4.79 Å². The molecule has 0 aromatic carbocycles. The average molecular weight is 435 g/mol. The van der Waals surface area contributed by atoms with Crippen LogP contribution < -0.4 is 0 Å². The fourth-order valence-electron chi connectivity index (χ4n) is 1.52. The monoisotopic (exact) mass is 435 g/mol. The van der Waals surface area contributed by atoms with E-state index < -0.39 is 6.67 Å². The first-order valence-corrected chi connectivity index (χ1v) is 8.78. The molecule has 0 bridgehead atoms. The minimum absolute atomic E-state index is 0.287. The summed E-state index contributed by atoms with van der Waals surface area (Å²) in [6.07, 6.45) is 13.4. The Balaban J connectivity index is 4.62. The van der Waals surface area contributed by atoms with Crippen molar-refractivity contribution in [2.24, 2.45) is 5.92 Å². The van der Waals surface area contributed by atoms with E-state index in [9.17, 15) is 9.18 Å². The van der Waals surface area contributed by atoms with E-state index in [0.29, 0.717) is 18.5 Å². The normalized spacial score (nSPS) is 14.4. The van der Waals surface area contributed by atoms with Gasteiger partial charge in [0.1, 0.15) is 13.0 Å². The van der Waals surface area contributed by atoms with Gasteiger partial charge in [0.15, 0.2) is 0 Å². The number of rotatable bonds is 12. The third-order valence-electron chi connectivity index (χ3n) is 2.74. The lowest BCUT2D eigenvalue weighted by molar-refractivity contribution is -0.105. The first-order valence-electron chi connectivity index (χ1n) is 7.04. The summed E-state index contributed by atoms with van der Waals surface area (Å²) in [5.74, 6) is 0.287. The van der Waals surface area contributed by atoms with Crippen molar-refractivity contribution in [1.29, 1.82) is 0 Å². The van der Waals surface area contributed by atoms with Gasteiger partial charge in [0.2, 0.25) is 0 Å². The molecule has 0 aliphatic rings. The van der Waals surface area contributed by atoms with Crippen molar-refractivity contribution in [3.05, 3.63) is 60.1 Å². The number of alkyl halides is 1. The fourth-order valence-corrected chi connectivity index (χ4v) is 3.16. The molecule has 0 aromatic heterocycles. The number of carbonyl (C=O) groups is 1. The maximum absolute atomic E-state index is 12.6. The van der Waals surface area contributed by atoms with E-state index in [1.54, 1.807) is 6.08 Å². The molecule has 2 nitrogen and oxygen atoms in total. The van der Waals surface area contributed by atoms with Gasteiger partial charge in [0.05, 0.1) is 0 Å². The molecule has 0 saturated heterocycles. The van der Waals surface area contributed by atoms with Crippen LogP contribution in [0.4, 0.5) is 4.39 Å². The summed E-state index contributed by atoms with van der Waals surface area (Å²) in [5.41, 5.74) is 0.658. The number of carbonyl (C=O) groups excluding carboxylic acids is 1. The molecule has 0 amide bonds. The highest BCUT2D eigenvalue weighted by molar-refractivity contribution is 14.1. The Kier molecular flexibility index (Phi) is 13.5. The number of halogens is 2. The van der Waals surface area contributed by atoms with Crippen LogP contribution in [0.2, 0.25) is 0 Å². The van der Waals surface area contributed by atoms with Crippen LogP contribution in [0.25, 0.3) is 0 Å². The van der Waals surface area contributed by atoms with Gasteiger partial charge >= 0.3 is 0 Å². The van der Waals surface area contributed by atoms with Crippen LogP contribution in [-0.4, -0.2) is 22.0 Å². The fraction of sp³-hybridized carbons (Fsp3) is 0.353. The predicted molar refractivity (Wildman–Crippen MR) is 104 cm³/mol. The largest absolute Gasteiger partial charge is 0.298 e. The molecule has 0 N–H and O–H groups in total. The lowest BCUT2D eigenvalue weighted by Gasteiger charge is -2.12. The number of allylic oxidation sites excluding steroid dienone is 6. The van der Waals surface area contributed by atoms with Gasteiger partial charge in [-0.25, -0.2) is 4.39 Å². The van der Waals surface area contributed by atoms with E-state index in [2.05, 4.69) is 42.1 Å². The van der Waals surface area contributed by atoms with Gasteiger partial charge in [-0.05, 0) is 48.4 Å². The molecule has 0 fully saturated rings. The predicted octanol–water partition coefficient (Wildman–Crippen LogP) is 5.61. The lowest BCUT2D eigenvalue weighted by Crippen LogP contribution is -2.02. The topological polar surface area (TPSA) is 20.3 Å². The van der Waals surface area contributed by atoms with Crippen molar-refractivity contribution in [2.45, 2.75) is 19.8 Å². The van der Waals surface area contributed by atoms with Crippen LogP contribution in [-0.2, 0) is 4.79 Å². The maximum atomic E-state index is 12.6. The molecule has 1 atom stereocenters. The summed E-state index contributed by atoms with van der Waals surface area (Å²) in [5, 5.41) is 0. The number of aldehydes is 1. The molecule has 0 aliphatic carbocycles. The molecule has 122 valence electrons. The van der Waals surface area contributed by atoms with Crippen LogP contribution in [0, 0.1) is 5.92 Å². The van der Waals surface area contributed by atoms with E-state index >= 15 is 0 Å². The van der Waals surface area contributed by atoms with E-state index in [1.165, 1.54) is 18.0 Å². The Labute approximate surface area is 151 Å². The molecule has 0 rings (SSSR count). The SMILES string of the molecule is C=CCC(C=C)/C=C/CN(I)SC(=C\CF)/C=C(/C=O)CC. The van der Waals surface area contributed by atoms with Gasteiger partial charge in [-0.2, -0.15) is 2.52 Å². The molecule has 0 saturated carbocycles. The molecule has 22 heavy (non-hydrogen) atoms. The molecule has 0 heterocycles. The third-order valence-corrected chi connectivity index (χ3v) is 4.57. The van der Waals surface area contributed by atoms with Crippen molar-refractivity contribution in [2.75, 3.05) is 13.2 Å². The number of hydrogen-bond donors (Lipinski definition) is 0. The summed E-state index contributed by atoms with van der Waals surface area (Å²) in [6.45, 7) is 9.56. The second-order valence-corrected chi connectivity index (χ2v) is 7.31. The van der Waals surface area contributed by atoms with Crippen molar-refractivity contribution in [3.63, 3.8) is 0 Å². The highest BCUT2D eigenvalue weighted by Gasteiger charge is 2.04. The zero-order valence-electron chi connectivity index (χ0n) is 12.9. The molecular formula is C17H23FINOS. The van der Waals surface area contributed by atoms with Crippen molar-refractivity contribution in [3.8, 4) is 0 Å². The highest BCUT2D eigenvalue weighted by atomic mass is 127. The van der Waals surface area contributed by atoms with E-state index in [4.69, 9.17) is 0 Å². The van der Waals surface area contributed by atoms with Gasteiger partial charge < -0.3 is 0 Å². The summed E-state index contributed by atoms with van der Waals surface area (Å²) in [7, 11) is 0. The van der Waals surface area contributed by atoms with Crippen LogP contribution >= 0.6 is 34.8 Å². The van der Waals surface area contributed by atoms with E-state index in [-0.39, 0.29) is 5.92 Å².